The van der Waals surface area contributed by atoms with Crippen LogP contribution in [0.25, 0.3) is 11.3 Å². The van der Waals surface area contributed by atoms with E-state index in [1.807, 2.05) is 4.90 Å². The standard InChI is InChI=1S/C23H20F3N3O3/c24-23(25,26)18-6-1-2-7-20(18)32-17-10-12-29(13-11-17)21-9-8-19(27-28-21)15-4-3-5-16(14-15)22(30)31/h1-9,14,17H,10-13H2,(H,30,31). The van der Waals surface area contributed by atoms with E-state index in [2.05, 4.69) is 10.2 Å². The van der Waals surface area contributed by atoms with Crippen LogP contribution in [0.15, 0.2) is 60.7 Å². The molecule has 9 heteroatoms. The number of piperidine rings is 1. The van der Waals surface area contributed by atoms with E-state index in [0.717, 1.165) is 6.07 Å². The average Bonchev–Trinajstić information content (AvgIpc) is 2.79. The number of halogens is 3. The van der Waals surface area contributed by atoms with E-state index in [-0.39, 0.29) is 17.4 Å². The summed E-state index contributed by atoms with van der Waals surface area (Å²) in [5.41, 5.74) is 0.608. The van der Waals surface area contributed by atoms with E-state index in [1.165, 1.54) is 30.3 Å². The SMILES string of the molecule is O=C(O)c1cccc(-c2ccc(N3CCC(Oc4ccccc4C(F)(F)F)CC3)nn2)c1. The van der Waals surface area contributed by atoms with Gasteiger partial charge in [-0.2, -0.15) is 13.2 Å². The summed E-state index contributed by atoms with van der Waals surface area (Å²) >= 11 is 0. The number of aromatic carboxylic acids is 1. The Morgan fingerprint density at radius 1 is 1.00 bits per heavy atom. The first-order valence-electron chi connectivity index (χ1n) is 10.1. The van der Waals surface area contributed by atoms with Crippen LogP contribution in [0, 0.1) is 0 Å². The lowest BCUT2D eigenvalue weighted by Crippen LogP contribution is -2.39. The summed E-state index contributed by atoms with van der Waals surface area (Å²) in [6, 6.07) is 15.3. The number of hydrogen-bond donors (Lipinski definition) is 1. The van der Waals surface area contributed by atoms with Crippen LogP contribution in [0.2, 0.25) is 0 Å². The predicted molar refractivity (Wildman–Crippen MR) is 112 cm³/mol. The average molecular weight is 443 g/mol. The Hall–Kier alpha value is -3.62. The van der Waals surface area contributed by atoms with Gasteiger partial charge in [-0.05, 0) is 36.4 Å². The van der Waals surface area contributed by atoms with Gasteiger partial charge >= 0.3 is 12.1 Å². The maximum absolute atomic E-state index is 13.2. The molecule has 1 fully saturated rings. The minimum Gasteiger partial charge on any atom is -0.490 e. The fraction of sp³-hybridized carbons (Fsp3) is 0.261. The van der Waals surface area contributed by atoms with Crippen LogP contribution in [0.1, 0.15) is 28.8 Å². The van der Waals surface area contributed by atoms with Crippen molar-refractivity contribution in [2.24, 2.45) is 0 Å². The molecule has 2 aromatic carbocycles. The number of aromatic nitrogens is 2. The van der Waals surface area contributed by atoms with Crippen molar-refractivity contribution in [3.8, 4) is 17.0 Å². The van der Waals surface area contributed by atoms with E-state index in [4.69, 9.17) is 9.84 Å². The lowest BCUT2D eigenvalue weighted by Gasteiger charge is -2.33. The van der Waals surface area contributed by atoms with Gasteiger partial charge in [0.15, 0.2) is 5.82 Å². The zero-order valence-corrected chi connectivity index (χ0v) is 16.9. The smallest absolute Gasteiger partial charge is 0.419 e. The van der Waals surface area contributed by atoms with Crippen molar-refractivity contribution < 1.29 is 27.8 Å². The Labute approximate surface area is 182 Å². The van der Waals surface area contributed by atoms with Crippen LogP contribution >= 0.6 is 0 Å². The van der Waals surface area contributed by atoms with Gasteiger partial charge in [0, 0.05) is 31.5 Å². The van der Waals surface area contributed by atoms with Crippen molar-refractivity contribution in [1.29, 1.82) is 0 Å². The fourth-order valence-corrected chi connectivity index (χ4v) is 3.65. The molecule has 166 valence electrons. The summed E-state index contributed by atoms with van der Waals surface area (Å²) in [7, 11) is 0. The Morgan fingerprint density at radius 2 is 1.75 bits per heavy atom. The van der Waals surface area contributed by atoms with Gasteiger partial charge in [-0.3, -0.25) is 0 Å². The van der Waals surface area contributed by atoms with E-state index in [9.17, 15) is 18.0 Å². The molecular formula is C23H20F3N3O3. The van der Waals surface area contributed by atoms with Crippen LogP contribution in [0.4, 0.5) is 19.0 Å². The summed E-state index contributed by atoms with van der Waals surface area (Å²) in [5, 5.41) is 17.6. The minimum atomic E-state index is -4.46. The molecule has 1 aliphatic heterocycles. The summed E-state index contributed by atoms with van der Waals surface area (Å²) < 4.78 is 45.2. The first kappa shape index (κ1) is 21.6. The van der Waals surface area contributed by atoms with Crippen LogP contribution in [-0.4, -0.2) is 40.5 Å². The van der Waals surface area contributed by atoms with E-state index in [1.54, 1.807) is 24.3 Å². The lowest BCUT2D eigenvalue weighted by atomic mass is 10.1. The van der Waals surface area contributed by atoms with Gasteiger partial charge in [-0.25, -0.2) is 4.79 Å². The van der Waals surface area contributed by atoms with Crippen molar-refractivity contribution >= 4 is 11.8 Å². The van der Waals surface area contributed by atoms with Crippen molar-refractivity contribution in [1.82, 2.24) is 10.2 Å². The maximum atomic E-state index is 13.2. The monoisotopic (exact) mass is 443 g/mol. The summed E-state index contributed by atoms with van der Waals surface area (Å²) in [4.78, 5) is 13.1. The highest BCUT2D eigenvalue weighted by Crippen LogP contribution is 2.37. The molecule has 1 N–H and O–H groups in total. The number of carboxylic acids is 1. The van der Waals surface area contributed by atoms with Crippen molar-refractivity contribution in [3.63, 3.8) is 0 Å². The number of carbonyl (C=O) groups is 1. The molecule has 0 aliphatic carbocycles. The second kappa shape index (κ2) is 8.86. The Kier molecular flexibility index (Phi) is 5.98. The number of benzene rings is 2. The number of carboxylic acid groups (broad SMARTS) is 1. The second-order valence-corrected chi connectivity index (χ2v) is 7.46. The fourth-order valence-electron chi connectivity index (χ4n) is 3.65. The van der Waals surface area contributed by atoms with Gasteiger partial charge in [0.25, 0.3) is 0 Å². The van der Waals surface area contributed by atoms with Gasteiger partial charge in [-0.15, -0.1) is 10.2 Å². The summed E-state index contributed by atoms with van der Waals surface area (Å²) in [6.45, 7) is 1.14. The molecular weight excluding hydrogens is 423 g/mol. The van der Waals surface area contributed by atoms with Gasteiger partial charge in [0.2, 0.25) is 0 Å². The molecule has 3 aromatic rings. The van der Waals surface area contributed by atoms with Crippen LogP contribution in [-0.2, 0) is 6.18 Å². The molecule has 1 aromatic heterocycles. The molecule has 32 heavy (non-hydrogen) atoms. The zero-order chi connectivity index (χ0) is 22.7. The van der Waals surface area contributed by atoms with Crippen LogP contribution in [0.5, 0.6) is 5.75 Å². The number of nitrogens with zero attached hydrogens (tertiary/aromatic N) is 3. The highest BCUT2D eigenvalue weighted by atomic mass is 19.4. The van der Waals surface area contributed by atoms with Crippen LogP contribution in [0.3, 0.4) is 0 Å². The van der Waals surface area contributed by atoms with Gasteiger partial charge in [0.05, 0.1) is 16.8 Å². The molecule has 0 amide bonds. The van der Waals surface area contributed by atoms with Gasteiger partial charge < -0.3 is 14.7 Å². The Bertz CT molecular complexity index is 1100. The first-order chi connectivity index (χ1) is 15.3. The number of rotatable bonds is 5. The molecule has 2 heterocycles. The summed E-state index contributed by atoms with van der Waals surface area (Å²) in [6.07, 6.45) is -3.67. The second-order valence-electron chi connectivity index (χ2n) is 7.46. The number of para-hydroxylation sites is 1. The van der Waals surface area contributed by atoms with E-state index in [0.29, 0.717) is 43.0 Å². The molecule has 0 bridgehead atoms. The topological polar surface area (TPSA) is 75.5 Å². The lowest BCUT2D eigenvalue weighted by molar-refractivity contribution is -0.139. The molecule has 0 saturated carbocycles. The van der Waals surface area contributed by atoms with Crippen molar-refractivity contribution in [2.75, 3.05) is 18.0 Å². The third-order valence-electron chi connectivity index (χ3n) is 5.31. The normalized spacial score (nSPS) is 14.9. The third-order valence-corrected chi connectivity index (χ3v) is 5.31. The molecule has 0 radical (unpaired) electrons. The Morgan fingerprint density at radius 3 is 2.41 bits per heavy atom. The molecule has 0 atom stereocenters. The Balaban J connectivity index is 1.39. The number of anilines is 1. The molecule has 1 saturated heterocycles. The van der Waals surface area contributed by atoms with Crippen LogP contribution < -0.4 is 9.64 Å². The summed E-state index contributed by atoms with van der Waals surface area (Å²) in [5.74, 6) is -0.511. The largest absolute Gasteiger partial charge is 0.490 e. The van der Waals surface area contributed by atoms with Crippen molar-refractivity contribution in [2.45, 2.75) is 25.1 Å². The highest BCUT2D eigenvalue weighted by molar-refractivity contribution is 5.89. The molecule has 1 aliphatic rings. The number of ether oxygens (including phenoxy) is 1. The number of alkyl halides is 3. The maximum Gasteiger partial charge on any atom is 0.419 e. The highest BCUT2D eigenvalue weighted by Gasteiger charge is 2.35. The van der Waals surface area contributed by atoms with E-state index < -0.39 is 17.7 Å². The zero-order valence-electron chi connectivity index (χ0n) is 16.9. The minimum absolute atomic E-state index is 0.147. The molecule has 4 rings (SSSR count). The molecule has 0 unspecified atom stereocenters. The first-order valence-corrected chi connectivity index (χ1v) is 10.1. The molecule has 6 nitrogen and oxygen atoms in total. The van der Waals surface area contributed by atoms with Crippen molar-refractivity contribution in [3.05, 3.63) is 71.8 Å². The number of hydrogen-bond acceptors (Lipinski definition) is 5. The van der Waals surface area contributed by atoms with E-state index >= 15 is 0 Å². The predicted octanol–water partition coefficient (Wildman–Crippen LogP) is 4.91. The third kappa shape index (κ3) is 4.82. The quantitative estimate of drug-likeness (QED) is 0.604. The van der Waals surface area contributed by atoms with Gasteiger partial charge in [-0.1, -0.05) is 24.3 Å². The van der Waals surface area contributed by atoms with Gasteiger partial charge in [0.1, 0.15) is 11.9 Å². The molecule has 0 spiro atoms.